The first-order valence-electron chi connectivity index (χ1n) is 8.95. The van der Waals surface area contributed by atoms with E-state index in [2.05, 4.69) is 12.0 Å². The van der Waals surface area contributed by atoms with E-state index < -0.39 is 6.55 Å². The fourth-order valence-electron chi connectivity index (χ4n) is 3.90. The molecule has 0 saturated carbocycles. The van der Waals surface area contributed by atoms with Crippen molar-refractivity contribution >= 4 is 5.91 Å². The smallest absolute Gasteiger partial charge is 0.333 e. The number of piperidine rings is 1. The minimum Gasteiger partial charge on any atom is -0.454 e. The average Bonchev–Trinajstić information content (AvgIpc) is 3.30. The Morgan fingerprint density at radius 2 is 2.11 bits per heavy atom. The molecule has 3 heterocycles. The molecule has 0 spiro atoms. The van der Waals surface area contributed by atoms with Crippen molar-refractivity contribution in [2.75, 3.05) is 19.9 Å². The van der Waals surface area contributed by atoms with Gasteiger partial charge in [-0.05, 0) is 48.4 Å². The van der Waals surface area contributed by atoms with Crippen molar-refractivity contribution in [1.29, 1.82) is 0 Å². The van der Waals surface area contributed by atoms with Crippen LogP contribution in [0.5, 0.6) is 11.5 Å². The molecule has 1 atom stereocenters. The van der Waals surface area contributed by atoms with Gasteiger partial charge in [0.1, 0.15) is 0 Å². The molecule has 6 nitrogen and oxygen atoms in total. The van der Waals surface area contributed by atoms with Gasteiger partial charge in [-0.3, -0.25) is 4.79 Å². The Kier molecular flexibility index (Phi) is 4.49. The highest BCUT2D eigenvalue weighted by Crippen LogP contribution is 2.37. The lowest BCUT2D eigenvalue weighted by Gasteiger charge is -2.40. The Bertz CT molecular complexity index is 854. The van der Waals surface area contributed by atoms with Crippen LogP contribution in [-0.2, 0) is 6.42 Å². The molecule has 1 aromatic carbocycles. The summed E-state index contributed by atoms with van der Waals surface area (Å²) in [6.07, 6.45) is 3.77. The van der Waals surface area contributed by atoms with Crippen LogP contribution in [0.4, 0.5) is 8.78 Å². The highest BCUT2D eigenvalue weighted by Gasteiger charge is 2.34. The molecule has 1 saturated heterocycles. The second-order valence-corrected chi connectivity index (χ2v) is 7.46. The molecule has 8 heteroatoms. The number of aromatic nitrogens is 2. The molecule has 1 aromatic heterocycles. The molecule has 144 valence electrons. The molecular weight excluding hydrogens is 356 g/mol. The van der Waals surface area contributed by atoms with E-state index in [4.69, 9.17) is 9.47 Å². The summed E-state index contributed by atoms with van der Waals surface area (Å²) in [7, 11) is 0. The van der Waals surface area contributed by atoms with Crippen molar-refractivity contribution in [3.8, 4) is 11.5 Å². The second kappa shape index (κ2) is 6.83. The van der Waals surface area contributed by atoms with E-state index in [9.17, 15) is 13.6 Å². The standard InChI is InChI=1S/C19H21F2N3O3/c1-19(10-13-3-4-15-16(9-13)27-12-26-15)6-2-7-23(11-19)17(25)14-5-8-24(22-14)18(20)21/h3-5,8-9,18H,2,6-7,10-12H2,1H3/t19-/m0/s1. The van der Waals surface area contributed by atoms with Crippen LogP contribution in [0.3, 0.4) is 0 Å². The monoisotopic (exact) mass is 377 g/mol. The van der Waals surface area contributed by atoms with Gasteiger partial charge in [0.2, 0.25) is 6.79 Å². The summed E-state index contributed by atoms with van der Waals surface area (Å²) in [5.41, 5.74) is 1.08. The molecule has 2 aliphatic heterocycles. The number of hydrogen-bond donors (Lipinski definition) is 0. The molecule has 1 fully saturated rings. The Morgan fingerprint density at radius 3 is 2.89 bits per heavy atom. The average molecular weight is 377 g/mol. The van der Waals surface area contributed by atoms with Gasteiger partial charge in [0, 0.05) is 19.3 Å². The number of hydrogen-bond acceptors (Lipinski definition) is 4. The van der Waals surface area contributed by atoms with E-state index in [-0.39, 0.29) is 23.8 Å². The number of alkyl halides is 2. The van der Waals surface area contributed by atoms with Crippen LogP contribution < -0.4 is 9.47 Å². The normalized spacial score (nSPS) is 21.7. The predicted octanol–water partition coefficient (Wildman–Crippen LogP) is 3.49. The van der Waals surface area contributed by atoms with Crippen LogP contribution in [0.25, 0.3) is 0 Å². The number of carbonyl (C=O) groups is 1. The maximum atomic E-state index is 12.7. The van der Waals surface area contributed by atoms with Crippen LogP contribution in [0.15, 0.2) is 30.5 Å². The highest BCUT2D eigenvalue weighted by molar-refractivity contribution is 5.92. The zero-order valence-corrected chi connectivity index (χ0v) is 15.0. The Morgan fingerprint density at radius 1 is 1.30 bits per heavy atom. The van der Waals surface area contributed by atoms with E-state index in [1.165, 1.54) is 6.07 Å². The molecule has 1 amide bonds. The SMILES string of the molecule is C[C@@]1(Cc2ccc3c(c2)OCO3)CCCN(C(=O)c2ccn(C(F)F)n2)C1. The van der Waals surface area contributed by atoms with Crippen LogP contribution in [-0.4, -0.2) is 40.5 Å². The maximum Gasteiger partial charge on any atom is 0.333 e. The highest BCUT2D eigenvalue weighted by atomic mass is 19.3. The summed E-state index contributed by atoms with van der Waals surface area (Å²) in [4.78, 5) is 14.4. The van der Waals surface area contributed by atoms with Gasteiger partial charge in [0.15, 0.2) is 17.2 Å². The molecular formula is C19H21F2N3O3. The topological polar surface area (TPSA) is 56.6 Å². The summed E-state index contributed by atoms with van der Waals surface area (Å²) >= 11 is 0. The van der Waals surface area contributed by atoms with Crippen LogP contribution in [0, 0.1) is 5.41 Å². The van der Waals surface area contributed by atoms with Gasteiger partial charge in [0.25, 0.3) is 5.91 Å². The number of benzene rings is 1. The Balaban J connectivity index is 1.47. The van der Waals surface area contributed by atoms with Crippen molar-refractivity contribution in [3.63, 3.8) is 0 Å². The zero-order valence-electron chi connectivity index (χ0n) is 15.0. The molecule has 2 aromatic rings. The summed E-state index contributed by atoms with van der Waals surface area (Å²) in [6.45, 7) is 0.807. The van der Waals surface area contributed by atoms with Crippen molar-refractivity contribution < 1.29 is 23.0 Å². The molecule has 0 aliphatic carbocycles. The summed E-state index contributed by atoms with van der Waals surface area (Å²) in [6, 6.07) is 7.25. The molecule has 0 unspecified atom stereocenters. The first kappa shape index (κ1) is 17.8. The summed E-state index contributed by atoms with van der Waals surface area (Å²) in [5.74, 6) is 1.20. The van der Waals surface area contributed by atoms with Crippen molar-refractivity contribution in [3.05, 3.63) is 41.7 Å². The number of carbonyl (C=O) groups excluding carboxylic acids is 1. The van der Waals surface area contributed by atoms with E-state index in [1.807, 2.05) is 18.2 Å². The molecule has 0 bridgehead atoms. The predicted molar refractivity (Wildman–Crippen MR) is 93.0 cm³/mol. The third kappa shape index (κ3) is 3.61. The van der Waals surface area contributed by atoms with Gasteiger partial charge in [-0.25, -0.2) is 4.68 Å². The van der Waals surface area contributed by atoms with E-state index >= 15 is 0 Å². The minimum absolute atomic E-state index is 0.0580. The van der Waals surface area contributed by atoms with Gasteiger partial charge in [-0.1, -0.05) is 13.0 Å². The van der Waals surface area contributed by atoms with Crippen LogP contribution in [0.1, 0.15) is 42.4 Å². The largest absolute Gasteiger partial charge is 0.454 e. The lowest BCUT2D eigenvalue weighted by Crippen LogP contribution is -2.46. The first-order valence-corrected chi connectivity index (χ1v) is 8.95. The van der Waals surface area contributed by atoms with Gasteiger partial charge < -0.3 is 14.4 Å². The number of fused-ring (bicyclic) bond motifs is 1. The summed E-state index contributed by atoms with van der Waals surface area (Å²) < 4.78 is 36.7. The fourth-order valence-corrected chi connectivity index (χ4v) is 3.90. The van der Waals surface area contributed by atoms with E-state index in [1.54, 1.807) is 4.90 Å². The van der Waals surface area contributed by atoms with Gasteiger partial charge >= 0.3 is 6.55 Å². The number of rotatable bonds is 4. The molecule has 2 aliphatic rings. The quantitative estimate of drug-likeness (QED) is 0.819. The number of ether oxygens (including phenoxy) is 2. The molecule has 0 radical (unpaired) electrons. The van der Waals surface area contributed by atoms with E-state index in [0.717, 1.165) is 42.5 Å². The van der Waals surface area contributed by atoms with Crippen molar-refractivity contribution in [2.24, 2.45) is 5.41 Å². The van der Waals surface area contributed by atoms with Crippen molar-refractivity contribution in [2.45, 2.75) is 32.7 Å². The summed E-state index contributed by atoms with van der Waals surface area (Å²) in [5, 5.41) is 3.70. The number of nitrogens with zero attached hydrogens (tertiary/aromatic N) is 3. The first-order chi connectivity index (χ1) is 12.9. The molecule has 0 N–H and O–H groups in total. The second-order valence-electron chi connectivity index (χ2n) is 7.46. The van der Waals surface area contributed by atoms with E-state index in [0.29, 0.717) is 17.8 Å². The van der Waals surface area contributed by atoms with Crippen LogP contribution >= 0.6 is 0 Å². The maximum absolute atomic E-state index is 12.7. The van der Waals surface area contributed by atoms with Gasteiger partial charge in [-0.2, -0.15) is 13.9 Å². The third-order valence-corrected chi connectivity index (χ3v) is 5.16. The fraction of sp³-hybridized carbons (Fsp3) is 0.474. The Labute approximate surface area is 155 Å². The Hall–Kier alpha value is -2.64. The minimum atomic E-state index is -2.75. The van der Waals surface area contributed by atoms with Crippen LogP contribution in [0.2, 0.25) is 0 Å². The lowest BCUT2D eigenvalue weighted by molar-refractivity contribution is 0.0500. The number of halogens is 2. The molecule has 27 heavy (non-hydrogen) atoms. The third-order valence-electron chi connectivity index (χ3n) is 5.16. The zero-order chi connectivity index (χ0) is 19.0. The number of likely N-dealkylation sites (tertiary alicyclic amines) is 1. The van der Waals surface area contributed by atoms with Crippen molar-refractivity contribution in [1.82, 2.24) is 14.7 Å². The lowest BCUT2D eigenvalue weighted by atomic mass is 9.77. The van der Waals surface area contributed by atoms with Gasteiger partial charge in [0.05, 0.1) is 0 Å². The van der Waals surface area contributed by atoms with Gasteiger partial charge in [-0.15, -0.1) is 0 Å². The molecule has 4 rings (SSSR count). The number of amides is 1.